The molecule has 0 bridgehead atoms. The highest BCUT2D eigenvalue weighted by atomic mass is 16.3. The van der Waals surface area contributed by atoms with Crippen molar-refractivity contribution in [3.63, 3.8) is 0 Å². The average Bonchev–Trinajstić information content (AvgIpc) is 3.99. The minimum Gasteiger partial charge on any atom is -0.436 e. The fraction of sp³-hybridized carbons (Fsp3) is 0.0185. The third-order valence-corrected chi connectivity index (χ3v) is 11.9. The van der Waals surface area contributed by atoms with E-state index in [2.05, 4.69) is 174 Å². The Balaban J connectivity index is 1.15. The van der Waals surface area contributed by atoms with E-state index in [4.69, 9.17) is 19.4 Å². The Morgan fingerprint density at radius 3 is 1.80 bits per heavy atom. The molecule has 1 aliphatic carbocycles. The number of nitrogens with zero attached hydrogens (tertiary/aromatic N) is 4. The van der Waals surface area contributed by atoms with Crippen LogP contribution >= 0.6 is 0 Å². The normalized spacial score (nSPS) is 12.9. The standard InChI is InChI=1S/C54H34N4O/c1-4-16-38(17-5-1)54(39-18-6-2-7-19-39)44-24-12-10-23-42(44)51-49(54)50(56-52(57-51)35-28-30-36(31-29-35)53-55-45-25-13-15-27-48(45)59-53)37-32-33-47-43(34-37)41-22-11-14-26-46(41)58(47)40-20-8-3-9-21-40/h1-34H. The van der Waals surface area contributed by atoms with Crippen molar-refractivity contribution in [1.82, 2.24) is 19.5 Å². The number of rotatable bonds is 6. The molecule has 0 aliphatic heterocycles. The molecule has 3 heterocycles. The molecule has 11 aromatic rings. The van der Waals surface area contributed by atoms with Crippen LogP contribution in [-0.2, 0) is 5.41 Å². The molecular weight excluding hydrogens is 721 g/mol. The van der Waals surface area contributed by atoms with Gasteiger partial charge in [0.1, 0.15) is 5.52 Å². The van der Waals surface area contributed by atoms with Crippen LogP contribution in [0.3, 0.4) is 0 Å². The number of hydrogen-bond acceptors (Lipinski definition) is 4. The second-order valence-corrected chi connectivity index (χ2v) is 15.1. The molecule has 5 heteroatoms. The molecule has 0 spiro atoms. The molecule has 0 fully saturated rings. The predicted octanol–water partition coefficient (Wildman–Crippen LogP) is 13.1. The number of para-hydroxylation sites is 4. The minimum atomic E-state index is -0.688. The highest BCUT2D eigenvalue weighted by Gasteiger charge is 2.49. The zero-order valence-corrected chi connectivity index (χ0v) is 31.8. The molecule has 8 aromatic carbocycles. The number of benzene rings is 8. The lowest BCUT2D eigenvalue weighted by molar-refractivity contribution is 0.620. The van der Waals surface area contributed by atoms with Gasteiger partial charge in [-0.3, -0.25) is 0 Å². The minimum absolute atomic E-state index is 0.584. The van der Waals surface area contributed by atoms with Crippen LogP contribution in [0.1, 0.15) is 22.3 Å². The zero-order chi connectivity index (χ0) is 38.9. The van der Waals surface area contributed by atoms with E-state index in [0.29, 0.717) is 11.7 Å². The van der Waals surface area contributed by atoms with Gasteiger partial charge < -0.3 is 8.98 Å². The van der Waals surface area contributed by atoms with E-state index in [1.165, 1.54) is 27.5 Å². The SMILES string of the molecule is c1ccc(-n2c3ccccc3c3cc(-c4nc(-c5ccc(-c6nc7ccccc7o6)cc5)nc5c4C(c4ccccc4)(c4ccccc4)c4ccccc4-5)ccc32)cc1. The van der Waals surface area contributed by atoms with Crippen molar-refractivity contribution in [3.05, 3.63) is 229 Å². The van der Waals surface area contributed by atoms with Crippen LogP contribution < -0.4 is 0 Å². The van der Waals surface area contributed by atoms with Crippen molar-refractivity contribution in [2.45, 2.75) is 5.41 Å². The number of aromatic nitrogens is 4. The number of hydrogen-bond donors (Lipinski definition) is 0. The van der Waals surface area contributed by atoms with E-state index in [9.17, 15) is 0 Å². The summed E-state index contributed by atoms with van der Waals surface area (Å²) in [6, 6.07) is 72.7. The van der Waals surface area contributed by atoms with Crippen molar-refractivity contribution >= 4 is 32.9 Å². The summed E-state index contributed by atoms with van der Waals surface area (Å²) in [7, 11) is 0. The molecular formula is C54H34N4O. The maximum absolute atomic E-state index is 6.13. The van der Waals surface area contributed by atoms with Gasteiger partial charge in [-0.25, -0.2) is 15.0 Å². The van der Waals surface area contributed by atoms with E-state index in [-0.39, 0.29) is 0 Å². The molecule has 0 saturated heterocycles. The molecule has 0 radical (unpaired) electrons. The van der Waals surface area contributed by atoms with Crippen molar-refractivity contribution in [2.24, 2.45) is 0 Å². The van der Waals surface area contributed by atoms with E-state index in [1.807, 2.05) is 36.4 Å². The summed E-state index contributed by atoms with van der Waals surface area (Å²) >= 11 is 0. The van der Waals surface area contributed by atoms with Gasteiger partial charge in [0.2, 0.25) is 5.89 Å². The van der Waals surface area contributed by atoms with E-state index in [0.717, 1.165) is 67.0 Å². The van der Waals surface area contributed by atoms with Gasteiger partial charge in [0, 0.05) is 44.3 Å². The quantitative estimate of drug-likeness (QED) is 0.170. The molecule has 276 valence electrons. The van der Waals surface area contributed by atoms with Crippen molar-refractivity contribution < 1.29 is 4.42 Å². The second kappa shape index (κ2) is 13.1. The smallest absolute Gasteiger partial charge is 0.227 e. The van der Waals surface area contributed by atoms with Gasteiger partial charge in [-0.1, -0.05) is 152 Å². The summed E-state index contributed by atoms with van der Waals surface area (Å²) in [6.07, 6.45) is 0. The van der Waals surface area contributed by atoms with Gasteiger partial charge in [0.25, 0.3) is 0 Å². The van der Waals surface area contributed by atoms with E-state index in [1.54, 1.807) is 0 Å². The summed E-state index contributed by atoms with van der Waals surface area (Å²) in [5.74, 6) is 1.24. The maximum atomic E-state index is 6.13. The Morgan fingerprint density at radius 1 is 0.441 bits per heavy atom. The van der Waals surface area contributed by atoms with Crippen LogP contribution in [-0.4, -0.2) is 19.5 Å². The average molecular weight is 755 g/mol. The van der Waals surface area contributed by atoms with Crippen molar-refractivity contribution in [1.29, 1.82) is 0 Å². The van der Waals surface area contributed by atoms with Gasteiger partial charge in [0.05, 0.1) is 27.8 Å². The lowest BCUT2D eigenvalue weighted by Crippen LogP contribution is -2.29. The molecule has 1 aliphatic rings. The summed E-state index contributed by atoms with van der Waals surface area (Å²) < 4.78 is 8.49. The van der Waals surface area contributed by atoms with Gasteiger partial charge in [-0.05, 0) is 71.3 Å². The van der Waals surface area contributed by atoms with Crippen LogP contribution in [0.2, 0.25) is 0 Å². The molecule has 0 amide bonds. The number of oxazole rings is 1. The lowest BCUT2D eigenvalue weighted by Gasteiger charge is -2.34. The zero-order valence-electron chi connectivity index (χ0n) is 31.8. The van der Waals surface area contributed by atoms with Crippen LogP contribution in [0.15, 0.2) is 211 Å². The molecule has 0 N–H and O–H groups in total. The third-order valence-electron chi connectivity index (χ3n) is 11.9. The van der Waals surface area contributed by atoms with E-state index < -0.39 is 5.41 Å². The Morgan fingerprint density at radius 2 is 1.03 bits per heavy atom. The first-order valence-corrected chi connectivity index (χ1v) is 19.9. The largest absolute Gasteiger partial charge is 0.436 e. The Bertz CT molecular complexity index is 3300. The third kappa shape index (κ3) is 5.01. The van der Waals surface area contributed by atoms with Crippen molar-refractivity contribution in [2.75, 3.05) is 0 Å². The molecule has 59 heavy (non-hydrogen) atoms. The van der Waals surface area contributed by atoms with Crippen molar-refractivity contribution in [3.8, 4) is 51.0 Å². The van der Waals surface area contributed by atoms with Crippen LogP contribution in [0.4, 0.5) is 0 Å². The van der Waals surface area contributed by atoms with Crippen LogP contribution in [0, 0.1) is 0 Å². The van der Waals surface area contributed by atoms with Gasteiger partial charge in [-0.2, -0.15) is 0 Å². The Labute approximate surface area is 340 Å². The van der Waals surface area contributed by atoms with Crippen LogP contribution in [0.5, 0.6) is 0 Å². The first kappa shape index (κ1) is 33.3. The molecule has 0 unspecified atom stereocenters. The first-order valence-electron chi connectivity index (χ1n) is 19.9. The Hall–Kier alpha value is -7.89. The van der Waals surface area contributed by atoms with Gasteiger partial charge in [-0.15, -0.1) is 0 Å². The molecule has 0 saturated carbocycles. The number of fused-ring (bicyclic) bond motifs is 7. The topological polar surface area (TPSA) is 56.7 Å². The second-order valence-electron chi connectivity index (χ2n) is 15.1. The summed E-state index contributed by atoms with van der Waals surface area (Å²) in [5.41, 5.74) is 14.7. The fourth-order valence-electron chi connectivity index (χ4n) is 9.38. The molecule has 5 nitrogen and oxygen atoms in total. The maximum Gasteiger partial charge on any atom is 0.227 e. The molecule has 0 atom stereocenters. The summed E-state index contributed by atoms with van der Waals surface area (Å²) in [5, 5.41) is 2.36. The highest BCUT2D eigenvalue weighted by Crippen LogP contribution is 2.58. The van der Waals surface area contributed by atoms with E-state index >= 15 is 0 Å². The lowest BCUT2D eigenvalue weighted by atomic mass is 9.67. The first-order chi connectivity index (χ1) is 29.3. The monoisotopic (exact) mass is 754 g/mol. The van der Waals surface area contributed by atoms with Gasteiger partial charge >= 0.3 is 0 Å². The Kier molecular flexibility index (Phi) is 7.38. The van der Waals surface area contributed by atoms with Gasteiger partial charge in [0.15, 0.2) is 11.4 Å². The molecule has 12 rings (SSSR count). The molecule has 3 aromatic heterocycles. The summed E-state index contributed by atoms with van der Waals surface area (Å²) in [4.78, 5) is 15.9. The fourth-order valence-corrected chi connectivity index (χ4v) is 9.38. The summed E-state index contributed by atoms with van der Waals surface area (Å²) in [6.45, 7) is 0. The predicted molar refractivity (Wildman–Crippen MR) is 238 cm³/mol. The highest BCUT2D eigenvalue weighted by molar-refractivity contribution is 6.10. The van der Waals surface area contributed by atoms with Crippen LogP contribution in [0.25, 0.3) is 83.9 Å².